The van der Waals surface area contributed by atoms with Gasteiger partial charge in [0.2, 0.25) is 11.5 Å². The Hall–Kier alpha value is -2.64. The van der Waals surface area contributed by atoms with Crippen molar-refractivity contribution < 1.29 is 14.0 Å². The first-order valence-electron chi connectivity index (χ1n) is 8.85. The Morgan fingerprint density at radius 1 is 0.871 bits per heavy atom. The molecule has 6 nitrogen and oxygen atoms in total. The number of allylic oxidation sites excluding steroid dienone is 1. The topological polar surface area (TPSA) is 78.0 Å². The number of aryl methyl sites for hydroxylation is 1. The van der Waals surface area contributed by atoms with Crippen molar-refractivity contribution in [3.8, 4) is 11.4 Å². The summed E-state index contributed by atoms with van der Waals surface area (Å²) in [5, 5.41) is -0.429. The highest BCUT2D eigenvalue weighted by atomic mass is 35.5. The van der Waals surface area contributed by atoms with Gasteiger partial charge in [0.15, 0.2) is 11.6 Å². The number of carbonyl (C=O) groups is 2. The maximum absolute atomic E-state index is 12.9. The highest BCUT2D eigenvalue weighted by molar-refractivity contribution is 6.57. The summed E-state index contributed by atoms with van der Waals surface area (Å²) in [5.41, 5.74) is 1.25. The number of benzene rings is 2. The van der Waals surface area contributed by atoms with E-state index in [-0.39, 0.29) is 48.4 Å². The number of nitrogens with zero attached hydrogens (tertiary/aromatic N) is 3. The summed E-state index contributed by atoms with van der Waals surface area (Å²) in [5.74, 6) is -0.553. The number of carbonyl (C=O) groups excluding carboxylic acids is 2. The lowest BCUT2D eigenvalue weighted by atomic mass is 10.1. The van der Waals surface area contributed by atoms with Crippen LogP contribution < -0.4 is 0 Å². The van der Waals surface area contributed by atoms with Gasteiger partial charge in [-0.25, -0.2) is 0 Å². The number of aromatic nitrogens is 3. The Labute approximate surface area is 195 Å². The Bertz CT molecular complexity index is 1420. The molecular formula is C21H9Cl4N3O3. The number of hydrogen-bond donors (Lipinski definition) is 0. The third-order valence-electron chi connectivity index (χ3n) is 4.96. The Balaban J connectivity index is 1.60. The molecule has 0 atom stereocenters. The van der Waals surface area contributed by atoms with Crippen LogP contribution in [0.5, 0.6) is 0 Å². The van der Waals surface area contributed by atoms with Gasteiger partial charge in [-0.15, -0.1) is 0 Å². The quantitative estimate of drug-likeness (QED) is 0.142. The molecule has 154 valence electrons. The van der Waals surface area contributed by atoms with Crippen molar-refractivity contribution in [3.05, 3.63) is 73.0 Å². The van der Waals surface area contributed by atoms with Crippen molar-refractivity contribution in [3.63, 3.8) is 0 Å². The van der Waals surface area contributed by atoms with Crippen molar-refractivity contribution in [2.45, 2.75) is 0 Å². The number of fused-ring (bicyclic) bond motifs is 2. The van der Waals surface area contributed by atoms with Crippen molar-refractivity contribution in [1.82, 2.24) is 14.5 Å². The fraction of sp³-hybridized carbons (Fsp3) is 0.0476. The summed E-state index contributed by atoms with van der Waals surface area (Å²) in [6.45, 7) is 0. The van der Waals surface area contributed by atoms with E-state index in [1.165, 1.54) is 6.08 Å². The summed E-state index contributed by atoms with van der Waals surface area (Å²) in [6, 6.07) is 9.55. The van der Waals surface area contributed by atoms with Gasteiger partial charge in [-0.3, -0.25) is 9.59 Å². The largest absolute Gasteiger partial charge is 0.417 e. The van der Waals surface area contributed by atoms with Gasteiger partial charge in [-0.05, 0) is 0 Å². The molecule has 0 saturated heterocycles. The van der Waals surface area contributed by atoms with Crippen LogP contribution in [0.2, 0.25) is 20.1 Å². The minimum atomic E-state index is -0.634. The zero-order chi connectivity index (χ0) is 22.0. The van der Waals surface area contributed by atoms with Gasteiger partial charge in [0.05, 0.1) is 36.8 Å². The van der Waals surface area contributed by atoms with Crippen molar-refractivity contribution in [1.29, 1.82) is 0 Å². The number of oxazole rings is 1. The molecule has 5 rings (SSSR count). The van der Waals surface area contributed by atoms with E-state index in [1.807, 2.05) is 30.3 Å². The average molecular weight is 493 g/mol. The van der Waals surface area contributed by atoms with E-state index >= 15 is 0 Å². The van der Waals surface area contributed by atoms with E-state index in [4.69, 9.17) is 50.8 Å². The maximum Gasteiger partial charge on any atom is 0.267 e. The van der Waals surface area contributed by atoms with Gasteiger partial charge >= 0.3 is 0 Å². The van der Waals surface area contributed by atoms with E-state index in [2.05, 4.69) is 9.97 Å². The molecule has 0 bridgehead atoms. The molecule has 0 spiro atoms. The molecular weight excluding hydrogens is 484 g/mol. The SMILES string of the molecule is Cn1c(-c2ccccc2)nc2oc(C=C3C(=O)c4c(Cl)c(Cl)c(Cl)c(Cl)c4C3=O)nc21. The maximum atomic E-state index is 12.9. The van der Waals surface area contributed by atoms with E-state index in [0.717, 1.165) is 5.56 Å². The molecule has 31 heavy (non-hydrogen) atoms. The van der Waals surface area contributed by atoms with Gasteiger partial charge in [-0.2, -0.15) is 9.97 Å². The molecule has 2 aromatic carbocycles. The van der Waals surface area contributed by atoms with Gasteiger partial charge in [0.1, 0.15) is 5.82 Å². The van der Waals surface area contributed by atoms with Crippen LogP contribution in [0.25, 0.3) is 28.8 Å². The van der Waals surface area contributed by atoms with Crippen LogP contribution in [-0.4, -0.2) is 26.1 Å². The number of rotatable bonds is 2. The molecule has 0 amide bonds. The molecule has 0 unspecified atom stereocenters. The highest BCUT2D eigenvalue weighted by Crippen LogP contribution is 2.46. The predicted molar refractivity (Wildman–Crippen MR) is 119 cm³/mol. The number of hydrogen-bond acceptors (Lipinski definition) is 5. The lowest BCUT2D eigenvalue weighted by Gasteiger charge is -2.07. The molecule has 0 N–H and O–H groups in total. The van der Waals surface area contributed by atoms with E-state index in [9.17, 15) is 9.59 Å². The average Bonchev–Trinajstić information content (AvgIpc) is 3.38. The molecule has 2 aromatic heterocycles. The minimum Gasteiger partial charge on any atom is -0.417 e. The number of Topliss-reactive ketones (excluding diaryl/α,β-unsaturated/α-hetero) is 2. The molecule has 2 heterocycles. The summed E-state index contributed by atoms with van der Waals surface area (Å²) in [4.78, 5) is 34.6. The second-order valence-electron chi connectivity index (χ2n) is 6.76. The van der Waals surface area contributed by atoms with Gasteiger partial charge in [-0.1, -0.05) is 76.7 Å². The summed E-state index contributed by atoms with van der Waals surface area (Å²) in [7, 11) is 1.79. The van der Waals surface area contributed by atoms with E-state index in [0.29, 0.717) is 11.5 Å². The Kier molecular flexibility index (Phi) is 4.71. The van der Waals surface area contributed by atoms with Crippen LogP contribution >= 0.6 is 46.4 Å². The molecule has 10 heteroatoms. The zero-order valence-electron chi connectivity index (χ0n) is 15.5. The smallest absolute Gasteiger partial charge is 0.267 e. The molecule has 0 saturated carbocycles. The first kappa shape index (κ1) is 20.3. The fourth-order valence-electron chi connectivity index (χ4n) is 3.47. The summed E-state index contributed by atoms with van der Waals surface area (Å²) >= 11 is 24.4. The van der Waals surface area contributed by atoms with Crippen LogP contribution in [0.15, 0.2) is 40.3 Å². The molecule has 0 aliphatic heterocycles. The van der Waals surface area contributed by atoms with Crippen molar-refractivity contribution >= 4 is 75.4 Å². The number of imidazole rings is 1. The third-order valence-corrected chi connectivity index (χ3v) is 6.76. The molecule has 0 fully saturated rings. The fourth-order valence-corrected chi connectivity index (χ4v) is 4.50. The third kappa shape index (κ3) is 2.94. The van der Waals surface area contributed by atoms with Gasteiger partial charge < -0.3 is 8.98 Å². The number of ketones is 2. The second-order valence-corrected chi connectivity index (χ2v) is 8.28. The van der Waals surface area contributed by atoms with Crippen LogP contribution in [-0.2, 0) is 7.05 Å². The van der Waals surface area contributed by atoms with Crippen LogP contribution in [0, 0.1) is 0 Å². The summed E-state index contributed by atoms with van der Waals surface area (Å²) in [6.07, 6.45) is 1.24. The Morgan fingerprint density at radius 3 is 2.00 bits per heavy atom. The van der Waals surface area contributed by atoms with Gasteiger partial charge in [0, 0.05) is 18.7 Å². The Morgan fingerprint density at radius 2 is 1.45 bits per heavy atom. The number of halogens is 4. The normalized spacial score (nSPS) is 13.4. The van der Waals surface area contributed by atoms with Crippen LogP contribution in [0.1, 0.15) is 26.6 Å². The molecule has 1 aliphatic rings. The van der Waals surface area contributed by atoms with Crippen LogP contribution in [0.4, 0.5) is 0 Å². The summed E-state index contributed by atoms with van der Waals surface area (Å²) < 4.78 is 7.43. The predicted octanol–water partition coefficient (Wildman–Crippen LogP) is 6.30. The van der Waals surface area contributed by atoms with E-state index in [1.54, 1.807) is 11.6 Å². The lowest BCUT2D eigenvalue weighted by Crippen LogP contribution is -2.00. The first-order valence-corrected chi connectivity index (χ1v) is 10.4. The standard InChI is InChI=1S/C21H9Cl4N3O3/c1-28-19(8-5-3-2-4-6-8)27-21-20(28)26-10(31-21)7-9-17(29)11-12(18(9)30)14(23)16(25)15(24)13(11)22/h2-7H,1H3. The first-order chi connectivity index (χ1) is 14.8. The van der Waals surface area contributed by atoms with Crippen molar-refractivity contribution in [2.24, 2.45) is 7.05 Å². The molecule has 1 aliphatic carbocycles. The van der Waals surface area contributed by atoms with Gasteiger partial charge in [0.25, 0.3) is 5.71 Å². The lowest BCUT2D eigenvalue weighted by molar-refractivity contribution is 0.0990. The monoisotopic (exact) mass is 491 g/mol. The highest BCUT2D eigenvalue weighted by Gasteiger charge is 2.40. The minimum absolute atomic E-state index is 0.0432. The van der Waals surface area contributed by atoms with E-state index < -0.39 is 11.6 Å². The molecule has 4 aromatic rings. The molecule has 0 radical (unpaired) electrons. The van der Waals surface area contributed by atoms with Crippen LogP contribution in [0.3, 0.4) is 0 Å². The second kappa shape index (κ2) is 7.21. The zero-order valence-corrected chi connectivity index (χ0v) is 18.6. The van der Waals surface area contributed by atoms with Crippen molar-refractivity contribution in [2.75, 3.05) is 0 Å².